The van der Waals surface area contributed by atoms with Crippen molar-refractivity contribution < 1.29 is 18.7 Å². The van der Waals surface area contributed by atoms with Gasteiger partial charge in [-0.15, -0.1) is 9.60 Å². The first-order chi connectivity index (χ1) is 7.89. The summed E-state index contributed by atoms with van der Waals surface area (Å²) in [6.45, 7) is 9.58. The van der Waals surface area contributed by atoms with Crippen LogP contribution in [0.25, 0.3) is 0 Å². The third-order valence-corrected chi connectivity index (χ3v) is 2.13. The summed E-state index contributed by atoms with van der Waals surface area (Å²) in [6.07, 6.45) is 2.05. The molecule has 0 N–H and O–H groups in total. The van der Waals surface area contributed by atoms with Gasteiger partial charge < -0.3 is 9.47 Å². The number of rotatable bonds is 3. The van der Waals surface area contributed by atoms with E-state index in [1.165, 1.54) is 0 Å². The van der Waals surface area contributed by atoms with Gasteiger partial charge in [0.1, 0.15) is 5.60 Å². The molecule has 1 heterocycles. The molecule has 0 aromatic rings. The average Bonchev–Trinajstić information content (AvgIpc) is 2.17. The van der Waals surface area contributed by atoms with E-state index in [0.29, 0.717) is 26.2 Å². The predicted octanol–water partition coefficient (Wildman–Crippen LogP) is 2.33. The first-order valence-corrected chi connectivity index (χ1v) is 6.02. The Kier molecular flexibility index (Phi) is 8.08. The molecule has 1 aliphatic rings. The molecule has 1 fully saturated rings. The minimum Gasteiger partial charge on any atom is -0.462 e. The van der Waals surface area contributed by atoms with E-state index in [4.69, 9.17) is 4.74 Å². The molecule has 17 heavy (non-hydrogen) atoms. The molecule has 1 rings (SSSR count). The zero-order chi connectivity index (χ0) is 13.3. The van der Waals surface area contributed by atoms with E-state index in [1.54, 1.807) is 0 Å². The molecule has 0 aromatic carbocycles. The topological polar surface area (TPSA) is 38.8 Å². The predicted molar refractivity (Wildman–Crippen MR) is 64.2 cm³/mol. The SMILES string of the molecule is CC(C)(C)OC=O.CCOC1CCCN(F)C1. The van der Waals surface area contributed by atoms with Crippen molar-refractivity contribution >= 4 is 6.47 Å². The molecule has 0 aliphatic carbocycles. The minimum atomic E-state index is -0.318. The molecule has 0 aromatic heterocycles. The Morgan fingerprint density at radius 2 is 2.12 bits per heavy atom. The summed E-state index contributed by atoms with van der Waals surface area (Å²) >= 11 is 0. The molecule has 0 amide bonds. The molecule has 1 unspecified atom stereocenters. The van der Waals surface area contributed by atoms with Crippen molar-refractivity contribution in [3.63, 3.8) is 0 Å². The summed E-state index contributed by atoms with van der Waals surface area (Å²) in [7, 11) is 0. The van der Waals surface area contributed by atoms with Crippen molar-refractivity contribution in [1.82, 2.24) is 5.12 Å². The van der Waals surface area contributed by atoms with Crippen LogP contribution < -0.4 is 0 Å². The van der Waals surface area contributed by atoms with Crippen LogP contribution in [-0.2, 0) is 14.3 Å². The highest BCUT2D eigenvalue weighted by molar-refractivity contribution is 5.37. The third-order valence-electron chi connectivity index (χ3n) is 2.13. The Hall–Kier alpha value is -0.680. The normalized spacial score (nSPS) is 21.4. The second kappa shape index (κ2) is 8.42. The summed E-state index contributed by atoms with van der Waals surface area (Å²) in [4.78, 5) is 9.60. The van der Waals surface area contributed by atoms with Gasteiger partial charge in [-0.25, -0.2) is 0 Å². The molecule has 0 spiro atoms. The van der Waals surface area contributed by atoms with Crippen molar-refractivity contribution in [2.75, 3.05) is 19.7 Å². The van der Waals surface area contributed by atoms with Crippen molar-refractivity contribution in [2.45, 2.75) is 52.2 Å². The lowest BCUT2D eigenvalue weighted by Crippen LogP contribution is -2.34. The van der Waals surface area contributed by atoms with E-state index in [1.807, 2.05) is 27.7 Å². The van der Waals surface area contributed by atoms with Crippen LogP contribution in [0.1, 0.15) is 40.5 Å². The number of hydrogen-bond donors (Lipinski definition) is 0. The maximum Gasteiger partial charge on any atom is 0.293 e. The minimum absolute atomic E-state index is 0.128. The first kappa shape index (κ1) is 16.3. The van der Waals surface area contributed by atoms with Crippen molar-refractivity contribution in [3.8, 4) is 0 Å². The lowest BCUT2D eigenvalue weighted by molar-refractivity contribution is -0.138. The highest BCUT2D eigenvalue weighted by Crippen LogP contribution is 2.12. The summed E-state index contributed by atoms with van der Waals surface area (Å²) < 4.78 is 22.3. The van der Waals surface area contributed by atoms with Gasteiger partial charge in [-0.3, -0.25) is 4.79 Å². The quantitative estimate of drug-likeness (QED) is 0.568. The zero-order valence-corrected chi connectivity index (χ0v) is 11.2. The fourth-order valence-electron chi connectivity index (χ4n) is 1.41. The van der Waals surface area contributed by atoms with E-state index in [2.05, 4.69) is 4.74 Å². The zero-order valence-electron chi connectivity index (χ0n) is 11.2. The molecule has 1 aliphatic heterocycles. The highest BCUT2D eigenvalue weighted by Gasteiger charge is 2.18. The largest absolute Gasteiger partial charge is 0.462 e. The molecule has 5 heteroatoms. The molecule has 1 saturated heterocycles. The molecule has 0 bridgehead atoms. The van der Waals surface area contributed by atoms with Crippen molar-refractivity contribution in [3.05, 3.63) is 0 Å². The summed E-state index contributed by atoms with van der Waals surface area (Å²) in [5, 5.41) is 0.837. The van der Waals surface area contributed by atoms with Gasteiger partial charge >= 0.3 is 0 Å². The Bertz CT molecular complexity index is 204. The van der Waals surface area contributed by atoms with Crippen LogP contribution in [0.4, 0.5) is 4.48 Å². The van der Waals surface area contributed by atoms with Gasteiger partial charge in [0.2, 0.25) is 0 Å². The van der Waals surface area contributed by atoms with E-state index in [9.17, 15) is 9.28 Å². The number of ether oxygens (including phenoxy) is 2. The number of hydrogen-bond acceptors (Lipinski definition) is 4. The summed E-state index contributed by atoms with van der Waals surface area (Å²) in [5.74, 6) is 0. The van der Waals surface area contributed by atoms with Crippen LogP contribution >= 0.6 is 0 Å². The third kappa shape index (κ3) is 10.2. The molecular weight excluding hydrogens is 225 g/mol. The number of halogens is 1. The number of carbonyl (C=O) groups is 1. The Morgan fingerprint density at radius 3 is 2.47 bits per heavy atom. The summed E-state index contributed by atoms with van der Waals surface area (Å²) in [6, 6.07) is 0. The van der Waals surface area contributed by atoms with E-state index in [-0.39, 0.29) is 11.7 Å². The molecule has 4 nitrogen and oxygen atoms in total. The van der Waals surface area contributed by atoms with Crippen LogP contribution in [0.2, 0.25) is 0 Å². The molecule has 102 valence electrons. The maximum absolute atomic E-state index is 12.5. The smallest absolute Gasteiger partial charge is 0.293 e. The summed E-state index contributed by atoms with van der Waals surface area (Å²) in [5.41, 5.74) is -0.318. The van der Waals surface area contributed by atoms with E-state index >= 15 is 0 Å². The average molecular weight is 249 g/mol. The van der Waals surface area contributed by atoms with Crippen LogP contribution in [-0.4, -0.2) is 43.0 Å². The first-order valence-electron chi connectivity index (χ1n) is 6.02. The molecule has 0 saturated carbocycles. The Balaban J connectivity index is 0.000000325. The second-order valence-electron chi connectivity index (χ2n) is 4.91. The van der Waals surface area contributed by atoms with Crippen LogP contribution in [0, 0.1) is 0 Å². The molecule has 1 atom stereocenters. The maximum atomic E-state index is 12.5. The Labute approximate surface area is 103 Å². The molecular formula is C12H24FNO3. The van der Waals surface area contributed by atoms with Crippen LogP contribution in [0.5, 0.6) is 0 Å². The second-order valence-corrected chi connectivity index (χ2v) is 4.91. The van der Waals surface area contributed by atoms with Gasteiger partial charge in [-0.2, -0.15) is 0 Å². The van der Waals surface area contributed by atoms with Crippen LogP contribution in [0.15, 0.2) is 0 Å². The van der Waals surface area contributed by atoms with Gasteiger partial charge in [0, 0.05) is 13.2 Å². The fourth-order valence-corrected chi connectivity index (χ4v) is 1.41. The van der Waals surface area contributed by atoms with E-state index < -0.39 is 0 Å². The number of piperidine rings is 1. The monoisotopic (exact) mass is 249 g/mol. The fraction of sp³-hybridized carbons (Fsp3) is 0.917. The van der Waals surface area contributed by atoms with Gasteiger partial charge in [0.15, 0.2) is 0 Å². The van der Waals surface area contributed by atoms with Gasteiger partial charge in [-0.1, -0.05) is 0 Å². The highest BCUT2D eigenvalue weighted by atomic mass is 19.2. The van der Waals surface area contributed by atoms with Gasteiger partial charge in [0.05, 0.1) is 12.6 Å². The van der Waals surface area contributed by atoms with Crippen LogP contribution in [0.3, 0.4) is 0 Å². The van der Waals surface area contributed by atoms with Crippen molar-refractivity contribution in [2.24, 2.45) is 0 Å². The number of carbonyl (C=O) groups excluding carboxylic acids is 1. The lowest BCUT2D eigenvalue weighted by Gasteiger charge is -2.25. The standard InChI is InChI=1S/C7H14FNO.C5H10O2/c1-2-10-7-4-3-5-9(8)6-7;1-5(2,3)7-4-6/h7H,2-6H2,1H3;4H,1-3H3. The van der Waals surface area contributed by atoms with Gasteiger partial charge in [-0.05, 0) is 40.5 Å². The lowest BCUT2D eigenvalue weighted by atomic mass is 10.1. The van der Waals surface area contributed by atoms with E-state index in [0.717, 1.165) is 18.0 Å². The van der Waals surface area contributed by atoms with Crippen molar-refractivity contribution in [1.29, 1.82) is 0 Å². The van der Waals surface area contributed by atoms with Gasteiger partial charge in [0.25, 0.3) is 6.47 Å². The Morgan fingerprint density at radius 1 is 1.47 bits per heavy atom. The number of nitrogens with zero attached hydrogens (tertiary/aromatic N) is 1. The molecule has 0 radical (unpaired) electrons.